The van der Waals surface area contributed by atoms with E-state index in [1.54, 1.807) is 0 Å². The van der Waals surface area contributed by atoms with E-state index in [-0.39, 0.29) is 29.5 Å². The van der Waals surface area contributed by atoms with Gasteiger partial charge in [-0.1, -0.05) is 23.2 Å². The van der Waals surface area contributed by atoms with Crippen LogP contribution in [0.2, 0.25) is 10.0 Å². The summed E-state index contributed by atoms with van der Waals surface area (Å²) in [6.07, 6.45) is -4.21. The van der Waals surface area contributed by atoms with Crippen molar-refractivity contribution in [2.45, 2.75) is 25.2 Å². The molecule has 1 saturated heterocycles. The Morgan fingerprint density at radius 2 is 1.77 bits per heavy atom. The van der Waals surface area contributed by atoms with Crippen LogP contribution < -0.4 is 9.47 Å². The number of carboxylic acids is 1. The molecule has 1 atom stereocenters. The van der Waals surface area contributed by atoms with E-state index in [1.165, 1.54) is 0 Å². The Kier molecular flexibility index (Phi) is 6.51. The molecule has 0 spiro atoms. The fourth-order valence-electron chi connectivity index (χ4n) is 3.07. The number of carboxylic acid groups (broad SMARTS) is 1. The molecule has 166 valence electrons. The molecule has 0 aromatic heterocycles. The van der Waals surface area contributed by atoms with Gasteiger partial charge in [-0.05, 0) is 31.0 Å². The molecular formula is C19H13Cl2F4NO5. The Hall–Kier alpha value is -2.72. The lowest BCUT2D eigenvalue weighted by molar-refractivity contribution is -0.274. The van der Waals surface area contributed by atoms with E-state index in [0.717, 1.165) is 35.2 Å². The highest BCUT2D eigenvalue weighted by Crippen LogP contribution is 2.37. The van der Waals surface area contributed by atoms with Crippen LogP contribution in [-0.2, 0) is 4.79 Å². The van der Waals surface area contributed by atoms with E-state index in [2.05, 4.69) is 4.74 Å². The van der Waals surface area contributed by atoms with Crippen LogP contribution in [0.1, 0.15) is 23.2 Å². The topological polar surface area (TPSA) is 76.1 Å². The van der Waals surface area contributed by atoms with E-state index >= 15 is 0 Å². The number of likely N-dealkylation sites (tertiary alicyclic amines) is 1. The van der Waals surface area contributed by atoms with E-state index in [4.69, 9.17) is 27.9 Å². The summed E-state index contributed by atoms with van der Waals surface area (Å²) in [5.74, 6) is -3.97. The minimum Gasteiger partial charge on any atom is -0.480 e. The second-order valence-electron chi connectivity index (χ2n) is 6.50. The lowest BCUT2D eigenvalue weighted by Gasteiger charge is -2.22. The molecule has 12 heteroatoms. The van der Waals surface area contributed by atoms with Crippen LogP contribution in [0.15, 0.2) is 30.3 Å². The number of carbonyl (C=O) groups is 2. The quantitative estimate of drug-likeness (QED) is 0.569. The van der Waals surface area contributed by atoms with Gasteiger partial charge >= 0.3 is 12.3 Å². The number of benzene rings is 2. The summed E-state index contributed by atoms with van der Waals surface area (Å²) < 4.78 is 60.6. The molecule has 1 fully saturated rings. The Morgan fingerprint density at radius 3 is 2.39 bits per heavy atom. The standard InChI is InChI=1S/C19H13Cl2F4NO5/c20-11-6-9(3-4-15(11)31-19(23,24)25)30-16-8-13(22)10(7-12(16)21)17(27)26-5-1-2-14(26)18(28)29/h3-4,6-8,14H,1-2,5H2,(H,28,29)/t14-/m0/s1. The normalized spacial score (nSPS) is 16.3. The maximum absolute atomic E-state index is 14.6. The molecule has 1 heterocycles. The first-order valence-corrected chi connectivity index (χ1v) is 9.48. The van der Waals surface area contributed by atoms with Crippen LogP contribution in [0, 0.1) is 5.82 Å². The van der Waals surface area contributed by atoms with Crippen molar-refractivity contribution in [2.24, 2.45) is 0 Å². The summed E-state index contributed by atoms with van der Waals surface area (Å²) in [4.78, 5) is 24.9. The Morgan fingerprint density at radius 1 is 1.10 bits per heavy atom. The third-order valence-corrected chi connectivity index (χ3v) is 5.00. The van der Waals surface area contributed by atoms with Crippen LogP contribution in [-0.4, -0.2) is 40.8 Å². The Bertz CT molecular complexity index is 1030. The largest absolute Gasteiger partial charge is 0.573 e. The number of halogens is 6. The summed E-state index contributed by atoms with van der Waals surface area (Å²) >= 11 is 11.8. The van der Waals surface area contributed by atoms with Crippen molar-refractivity contribution in [1.29, 1.82) is 0 Å². The van der Waals surface area contributed by atoms with Crippen LogP contribution in [0.3, 0.4) is 0 Å². The molecule has 0 aliphatic carbocycles. The monoisotopic (exact) mass is 481 g/mol. The van der Waals surface area contributed by atoms with Crippen molar-refractivity contribution in [3.8, 4) is 17.2 Å². The van der Waals surface area contributed by atoms with Gasteiger partial charge in [0.15, 0.2) is 0 Å². The van der Waals surface area contributed by atoms with Crippen LogP contribution in [0.4, 0.5) is 17.6 Å². The van der Waals surface area contributed by atoms with Crippen LogP contribution in [0.5, 0.6) is 17.2 Å². The predicted molar refractivity (Wildman–Crippen MR) is 101 cm³/mol. The number of alkyl halides is 3. The first-order chi connectivity index (χ1) is 14.5. The van der Waals surface area contributed by atoms with Gasteiger partial charge in [0.25, 0.3) is 5.91 Å². The van der Waals surface area contributed by atoms with Gasteiger partial charge < -0.3 is 19.5 Å². The van der Waals surface area contributed by atoms with E-state index in [0.29, 0.717) is 6.42 Å². The summed E-state index contributed by atoms with van der Waals surface area (Å²) in [7, 11) is 0. The van der Waals surface area contributed by atoms with Gasteiger partial charge in [-0.25, -0.2) is 9.18 Å². The van der Waals surface area contributed by atoms with Gasteiger partial charge in [0.2, 0.25) is 0 Å². The second kappa shape index (κ2) is 8.80. The van der Waals surface area contributed by atoms with Gasteiger partial charge in [0.05, 0.1) is 15.6 Å². The molecule has 31 heavy (non-hydrogen) atoms. The van der Waals surface area contributed by atoms with Gasteiger partial charge in [0.1, 0.15) is 29.1 Å². The zero-order valence-corrected chi connectivity index (χ0v) is 16.9. The smallest absolute Gasteiger partial charge is 0.480 e. The number of hydrogen-bond donors (Lipinski definition) is 1. The lowest BCUT2D eigenvalue weighted by atomic mass is 10.1. The van der Waals surface area contributed by atoms with Crippen molar-refractivity contribution in [2.75, 3.05) is 6.54 Å². The summed E-state index contributed by atoms with van der Waals surface area (Å²) in [5.41, 5.74) is -0.433. The minimum atomic E-state index is -4.93. The highest BCUT2D eigenvalue weighted by Gasteiger charge is 2.36. The molecule has 2 aromatic rings. The molecule has 0 unspecified atom stereocenters. The molecule has 1 N–H and O–H groups in total. The van der Waals surface area contributed by atoms with Gasteiger partial charge in [-0.3, -0.25) is 4.79 Å². The third-order valence-electron chi connectivity index (χ3n) is 4.41. The maximum atomic E-state index is 14.6. The van der Waals surface area contributed by atoms with Crippen molar-refractivity contribution >= 4 is 35.1 Å². The fourth-order valence-corrected chi connectivity index (χ4v) is 3.48. The maximum Gasteiger partial charge on any atom is 0.573 e. The minimum absolute atomic E-state index is 0.0645. The molecule has 2 aromatic carbocycles. The second-order valence-corrected chi connectivity index (χ2v) is 7.31. The average molecular weight is 482 g/mol. The van der Waals surface area contributed by atoms with Crippen molar-refractivity contribution in [3.63, 3.8) is 0 Å². The fraction of sp³-hybridized carbons (Fsp3) is 0.263. The van der Waals surface area contributed by atoms with Gasteiger partial charge in [-0.15, -0.1) is 13.2 Å². The Balaban J connectivity index is 1.82. The number of carbonyl (C=O) groups excluding carboxylic acids is 1. The van der Waals surface area contributed by atoms with Gasteiger partial charge in [0, 0.05) is 18.7 Å². The number of amides is 1. The number of rotatable bonds is 5. The molecule has 0 radical (unpaired) electrons. The Labute approximate surface area is 182 Å². The number of nitrogens with zero attached hydrogens (tertiary/aromatic N) is 1. The third kappa shape index (κ3) is 5.31. The number of ether oxygens (including phenoxy) is 2. The average Bonchev–Trinajstić information content (AvgIpc) is 3.15. The zero-order valence-electron chi connectivity index (χ0n) is 15.4. The number of hydrogen-bond acceptors (Lipinski definition) is 4. The first-order valence-electron chi connectivity index (χ1n) is 8.72. The summed E-state index contributed by atoms with van der Waals surface area (Å²) in [5, 5.41) is 8.61. The molecule has 0 bridgehead atoms. The van der Waals surface area contributed by atoms with Crippen molar-refractivity contribution in [3.05, 3.63) is 51.8 Å². The van der Waals surface area contributed by atoms with Crippen molar-refractivity contribution < 1.29 is 41.7 Å². The van der Waals surface area contributed by atoms with E-state index < -0.39 is 46.4 Å². The molecular weight excluding hydrogens is 469 g/mol. The number of aliphatic carboxylic acids is 1. The first kappa shape index (κ1) is 23.0. The molecule has 1 amide bonds. The molecule has 1 aliphatic rings. The highest BCUT2D eigenvalue weighted by molar-refractivity contribution is 6.32. The molecule has 3 rings (SSSR count). The van der Waals surface area contributed by atoms with Crippen LogP contribution >= 0.6 is 23.2 Å². The SMILES string of the molecule is O=C(O)[C@@H]1CCCN1C(=O)c1cc(Cl)c(Oc2ccc(OC(F)(F)F)c(Cl)c2)cc1F. The molecule has 0 saturated carbocycles. The highest BCUT2D eigenvalue weighted by atomic mass is 35.5. The molecule has 1 aliphatic heterocycles. The molecule has 6 nitrogen and oxygen atoms in total. The summed E-state index contributed by atoms with van der Waals surface area (Å²) in [6.45, 7) is 0.163. The van der Waals surface area contributed by atoms with Crippen molar-refractivity contribution in [1.82, 2.24) is 4.90 Å². The summed E-state index contributed by atoms with van der Waals surface area (Å²) in [6, 6.07) is 3.78. The van der Waals surface area contributed by atoms with E-state index in [9.17, 15) is 32.3 Å². The predicted octanol–water partition coefficient (Wildman–Crippen LogP) is 5.51. The van der Waals surface area contributed by atoms with E-state index in [1.807, 2.05) is 0 Å². The van der Waals surface area contributed by atoms with Gasteiger partial charge in [-0.2, -0.15) is 0 Å². The van der Waals surface area contributed by atoms with Crippen LogP contribution in [0.25, 0.3) is 0 Å². The zero-order chi connectivity index (χ0) is 22.9. The lowest BCUT2D eigenvalue weighted by Crippen LogP contribution is -2.40.